The standard InChI is InChI=1S/C20H26N2O2/c1-5-17-8-6-7-9-19(17)24-15-20(23)22(4)14-16-10-12-18(13-11-16)21(2)3/h6-13H,5,14-15H2,1-4H3. The Labute approximate surface area is 144 Å². The van der Waals surface area contributed by atoms with E-state index in [0.29, 0.717) is 6.54 Å². The van der Waals surface area contributed by atoms with Crippen LogP contribution in [0.1, 0.15) is 18.1 Å². The molecule has 0 aliphatic carbocycles. The summed E-state index contributed by atoms with van der Waals surface area (Å²) in [6.45, 7) is 2.71. The average Bonchev–Trinajstić information content (AvgIpc) is 2.60. The van der Waals surface area contributed by atoms with Crippen molar-refractivity contribution in [3.05, 3.63) is 59.7 Å². The molecule has 0 bridgehead atoms. The molecule has 2 aromatic rings. The summed E-state index contributed by atoms with van der Waals surface area (Å²) in [6.07, 6.45) is 0.887. The Bertz CT molecular complexity index is 666. The number of aryl methyl sites for hydroxylation is 1. The molecular formula is C20H26N2O2. The lowest BCUT2D eigenvalue weighted by Gasteiger charge is -2.19. The molecule has 0 aliphatic rings. The number of hydrogen-bond donors (Lipinski definition) is 0. The molecule has 0 fully saturated rings. The number of para-hydroxylation sites is 1. The van der Waals surface area contributed by atoms with Crippen molar-refractivity contribution in [1.29, 1.82) is 0 Å². The Morgan fingerprint density at radius 3 is 2.29 bits per heavy atom. The fraction of sp³-hybridized carbons (Fsp3) is 0.350. The second-order valence-corrected chi connectivity index (χ2v) is 6.06. The molecule has 2 aromatic carbocycles. The van der Waals surface area contributed by atoms with Gasteiger partial charge in [0, 0.05) is 33.4 Å². The predicted molar refractivity (Wildman–Crippen MR) is 98.6 cm³/mol. The van der Waals surface area contributed by atoms with Crippen LogP contribution in [0.15, 0.2) is 48.5 Å². The van der Waals surface area contributed by atoms with E-state index in [4.69, 9.17) is 4.74 Å². The topological polar surface area (TPSA) is 32.8 Å². The molecular weight excluding hydrogens is 300 g/mol. The fourth-order valence-corrected chi connectivity index (χ4v) is 2.45. The molecule has 4 heteroatoms. The van der Waals surface area contributed by atoms with Gasteiger partial charge in [0.05, 0.1) is 0 Å². The number of ether oxygens (including phenoxy) is 1. The van der Waals surface area contributed by atoms with Crippen molar-refractivity contribution in [1.82, 2.24) is 4.90 Å². The maximum absolute atomic E-state index is 12.3. The number of nitrogens with zero attached hydrogens (tertiary/aromatic N) is 2. The van der Waals surface area contributed by atoms with Gasteiger partial charge < -0.3 is 14.5 Å². The number of carbonyl (C=O) groups excluding carboxylic acids is 1. The van der Waals surface area contributed by atoms with Gasteiger partial charge in [0.15, 0.2) is 6.61 Å². The van der Waals surface area contributed by atoms with E-state index in [2.05, 4.69) is 24.0 Å². The van der Waals surface area contributed by atoms with Gasteiger partial charge in [0.2, 0.25) is 0 Å². The predicted octanol–water partition coefficient (Wildman–Crippen LogP) is 3.35. The summed E-state index contributed by atoms with van der Waals surface area (Å²) in [6, 6.07) is 16.1. The zero-order valence-electron chi connectivity index (χ0n) is 15.0. The summed E-state index contributed by atoms with van der Waals surface area (Å²) >= 11 is 0. The third kappa shape index (κ3) is 4.75. The highest BCUT2D eigenvalue weighted by molar-refractivity contribution is 5.77. The molecule has 24 heavy (non-hydrogen) atoms. The number of benzene rings is 2. The minimum absolute atomic E-state index is 0.0300. The molecule has 0 heterocycles. The molecule has 0 atom stereocenters. The minimum Gasteiger partial charge on any atom is -0.483 e. The third-order valence-electron chi connectivity index (χ3n) is 4.00. The maximum Gasteiger partial charge on any atom is 0.260 e. The van der Waals surface area contributed by atoms with E-state index >= 15 is 0 Å². The molecule has 0 saturated heterocycles. The Balaban J connectivity index is 1.90. The fourth-order valence-electron chi connectivity index (χ4n) is 2.45. The second kappa shape index (κ2) is 8.39. The monoisotopic (exact) mass is 326 g/mol. The molecule has 4 nitrogen and oxygen atoms in total. The van der Waals surface area contributed by atoms with Gasteiger partial charge in [-0.2, -0.15) is 0 Å². The molecule has 0 aliphatic heterocycles. The molecule has 1 amide bonds. The van der Waals surface area contributed by atoms with Crippen LogP contribution in [-0.2, 0) is 17.8 Å². The van der Waals surface area contributed by atoms with E-state index in [1.807, 2.05) is 50.5 Å². The Hall–Kier alpha value is -2.49. The Morgan fingerprint density at radius 2 is 1.67 bits per heavy atom. The average molecular weight is 326 g/mol. The van der Waals surface area contributed by atoms with Crippen LogP contribution in [0.25, 0.3) is 0 Å². The molecule has 0 saturated carbocycles. The number of likely N-dealkylation sites (N-methyl/N-ethyl adjacent to an activating group) is 1. The van der Waals surface area contributed by atoms with E-state index in [-0.39, 0.29) is 12.5 Å². The van der Waals surface area contributed by atoms with Gasteiger partial charge in [-0.05, 0) is 35.7 Å². The van der Waals surface area contributed by atoms with Gasteiger partial charge >= 0.3 is 0 Å². The normalized spacial score (nSPS) is 10.3. The lowest BCUT2D eigenvalue weighted by atomic mass is 10.1. The van der Waals surface area contributed by atoms with Crippen molar-refractivity contribution >= 4 is 11.6 Å². The minimum atomic E-state index is -0.0300. The van der Waals surface area contributed by atoms with Crippen LogP contribution in [0.2, 0.25) is 0 Å². The first-order chi connectivity index (χ1) is 11.5. The first-order valence-corrected chi connectivity index (χ1v) is 8.22. The highest BCUT2D eigenvalue weighted by atomic mass is 16.5. The number of amides is 1. The van der Waals surface area contributed by atoms with Crippen LogP contribution in [-0.4, -0.2) is 38.6 Å². The Morgan fingerprint density at radius 1 is 1.00 bits per heavy atom. The SMILES string of the molecule is CCc1ccccc1OCC(=O)N(C)Cc1ccc(N(C)C)cc1. The summed E-state index contributed by atoms with van der Waals surface area (Å²) in [5.74, 6) is 0.759. The maximum atomic E-state index is 12.3. The van der Waals surface area contributed by atoms with E-state index in [1.54, 1.807) is 11.9 Å². The van der Waals surface area contributed by atoms with E-state index in [9.17, 15) is 4.79 Å². The highest BCUT2D eigenvalue weighted by Gasteiger charge is 2.11. The van der Waals surface area contributed by atoms with Crippen molar-refractivity contribution in [2.45, 2.75) is 19.9 Å². The first-order valence-electron chi connectivity index (χ1n) is 8.22. The van der Waals surface area contributed by atoms with Crippen LogP contribution in [0, 0.1) is 0 Å². The zero-order valence-corrected chi connectivity index (χ0v) is 15.0. The first kappa shape index (κ1) is 17.9. The summed E-state index contributed by atoms with van der Waals surface area (Å²) in [4.78, 5) is 16.0. The van der Waals surface area contributed by atoms with Crippen molar-refractivity contribution in [3.63, 3.8) is 0 Å². The van der Waals surface area contributed by atoms with Crippen molar-refractivity contribution in [2.24, 2.45) is 0 Å². The molecule has 0 unspecified atom stereocenters. The number of rotatable bonds is 7. The van der Waals surface area contributed by atoms with Crippen molar-refractivity contribution in [3.8, 4) is 5.75 Å². The van der Waals surface area contributed by atoms with Gasteiger partial charge in [-0.3, -0.25) is 4.79 Å². The van der Waals surface area contributed by atoms with Gasteiger partial charge in [0.1, 0.15) is 5.75 Å². The summed E-state index contributed by atoms with van der Waals surface area (Å²) in [5.41, 5.74) is 3.37. The van der Waals surface area contributed by atoms with E-state index < -0.39 is 0 Å². The van der Waals surface area contributed by atoms with Crippen LogP contribution >= 0.6 is 0 Å². The van der Waals surface area contributed by atoms with Gasteiger partial charge in [-0.25, -0.2) is 0 Å². The largest absolute Gasteiger partial charge is 0.483 e. The number of hydrogen-bond acceptors (Lipinski definition) is 3. The summed E-state index contributed by atoms with van der Waals surface area (Å²) in [7, 11) is 5.82. The summed E-state index contributed by atoms with van der Waals surface area (Å²) < 4.78 is 5.70. The van der Waals surface area contributed by atoms with Gasteiger partial charge in [-0.1, -0.05) is 37.3 Å². The second-order valence-electron chi connectivity index (χ2n) is 6.06. The van der Waals surface area contributed by atoms with Gasteiger partial charge in [0.25, 0.3) is 5.91 Å². The Kier molecular flexibility index (Phi) is 6.24. The molecule has 128 valence electrons. The van der Waals surface area contributed by atoms with E-state index in [1.165, 1.54) is 0 Å². The molecule has 0 N–H and O–H groups in total. The van der Waals surface area contributed by atoms with Crippen LogP contribution in [0.4, 0.5) is 5.69 Å². The number of anilines is 1. The van der Waals surface area contributed by atoms with Crippen molar-refractivity contribution < 1.29 is 9.53 Å². The van der Waals surface area contributed by atoms with Crippen LogP contribution < -0.4 is 9.64 Å². The molecule has 0 spiro atoms. The lowest BCUT2D eigenvalue weighted by molar-refractivity contribution is -0.132. The highest BCUT2D eigenvalue weighted by Crippen LogP contribution is 2.18. The molecule has 0 radical (unpaired) electrons. The zero-order chi connectivity index (χ0) is 17.5. The lowest BCUT2D eigenvalue weighted by Crippen LogP contribution is -2.31. The van der Waals surface area contributed by atoms with E-state index in [0.717, 1.165) is 29.0 Å². The molecule has 0 aromatic heterocycles. The number of carbonyl (C=O) groups is 1. The smallest absolute Gasteiger partial charge is 0.260 e. The molecule has 2 rings (SSSR count). The van der Waals surface area contributed by atoms with Crippen LogP contribution in [0.5, 0.6) is 5.75 Å². The van der Waals surface area contributed by atoms with Crippen molar-refractivity contribution in [2.75, 3.05) is 32.6 Å². The quantitative estimate of drug-likeness (QED) is 0.782. The third-order valence-corrected chi connectivity index (χ3v) is 4.00. The summed E-state index contributed by atoms with van der Waals surface area (Å²) in [5, 5.41) is 0. The van der Waals surface area contributed by atoms with Gasteiger partial charge in [-0.15, -0.1) is 0 Å². The van der Waals surface area contributed by atoms with Crippen LogP contribution in [0.3, 0.4) is 0 Å².